The van der Waals surface area contributed by atoms with Gasteiger partial charge in [-0.15, -0.1) is 11.6 Å². The van der Waals surface area contributed by atoms with Crippen LogP contribution in [0.25, 0.3) is 11.2 Å². The highest BCUT2D eigenvalue weighted by atomic mass is 35.5. The molecule has 0 saturated carbocycles. The number of nitrogens with zero attached hydrogens (tertiary/aromatic N) is 4. The Balaban J connectivity index is 2.13. The van der Waals surface area contributed by atoms with Gasteiger partial charge in [-0.1, -0.05) is 13.0 Å². The standard InChI is InChI=1S/C16H17ClN4/c1-3-12-5-4-7-18-13(12)10-21-14(9-17)20-15-11(2)6-8-19-16(15)21/h4-8H,3,9-10H2,1-2H3. The van der Waals surface area contributed by atoms with Gasteiger partial charge < -0.3 is 4.57 Å². The summed E-state index contributed by atoms with van der Waals surface area (Å²) in [7, 11) is 0. The fourth-order valence-electron chi connectivity index (χ4n) is 2.54. The maximum atomic E-state index is 6.06. The smallest absolute Gasteiger partial charge is 0.160 e. The molecule has 0 unspecified atom stereocenters. The van der Waals surface area contributed by atoms with E-state index >= 15 is 0 Å². The third-order valence-corrected chi connectivity index (χ3v) is 3.95. The van der Waals surface area contributed by atoms with Crippen molar-refractivity contribution in [2.24, 2.45) is 0 Å². The van der Waals surface area contributed by atoms with Crippen molar-refractivity contribution >= 4 is 22.8 Å². The molecule has 0 aliphatic rings. The van der Waals surface area contributed by atoms with Gasteiger partial charge in [0.1, 0.15) is 11.3 Å². The van der Waals surface area contributed by atoms with Crippen LogP contribution in [-0.4, -0.2) is 19.5 Å². The zero-order valence-corrected chi connectivity index (χ0v) is 12.9. The highest BCUT2D eigenvalue weighted by Gasteiger charge is 2.14. The molecule has 5 heteroatoms. The molecule has 0 fully saturated rings. The number of halogens is 1. The van der Waals surface area contributed by atoms with Gasteiger partial charge in [-0.05, 0) is 36.6 Å². The van der Waals surface area contributed by atoms with E-state index in [-0.39, 0.29) is 0 Å². The Bertz CT molecular complexity index is 779. The Morgan fingerprint density at radius 1 is 1.19 bits per heavy atom. The maximum absolute atomic E-state index is 6.06. The summed E-state index contributed by atoms with van der Waals surface area (Å²) in [5.74, 6) is 1.20. The number of imidazole rings is 1. The fraction of sp³-hybridized carbons (Fsp3) is 0.312. The Labute approximate surface area is 128 Å². The van der Waals surface area contributed by atoms with Crippen LogP contribution in [0.2, 0.25) is 0 Å². The fourth-order valence-corrected chi connectivity index (χ4v) is 2.74. The van der Waals surface area contributed by atoms with E-state index in [1.807, 2.05) is 31.5 Å². The summed E-state index contributed by atoms with van der Waals surface area (Å²) in [4.78, 5) is 13.6. The Kier molecular flexibility index (Phi) is 3.88. The molecule has 0 N–H and O–H groups in total. The van der Waals surface area contributed by atoms with Gasteiger partial charge in [-0.3, -0.25) is 4.98 Å². The lowest BCUT2D eigenvalue weighted by Gasteiger charge is -2.10. The Morgan fingerprint density at radius 3 is 2.81 bits per heavy atom. The van der Waals surface area contributed by atoms with Crippen molar-refractivity contribution in [1.82, 2.24) is 19.5 Å². The normalized spacial score (nSPS) is 11.2. The number of alkyl halides is 1. The van der Waals surface area contributed by atoms with E-state index in [0.717, 1.165) is 34.7 Å². The summed E-state index contributed by atoms with van der Waals surface area (Å²) in [5.41, 5.74) is 5.20. The number of hydrogen-bond donors (Lipinski definition) is 0. The molecule has 0 aliphatic carbocycles. The lowest BCUT2D eigenvalue weighted by Crippen LogP contribution is -2.08. The molecule has 21 heavy (non-hydrogen) atoms. The van der Waals surface area contributed by atoms with Crippen LogP contribution in [0.5, 0.6) is 0 Å². The first kappa shape index (κ1) is 14.0. The topological polar surface area (TPSA) is 43.6 Å². The van der Waals surface area contributed by atoms with Crippen LogP contribution in [0, 0.1) is 6.92 Å². The predicted molar refractivity (Wildman–Crippen MR) is 84.5 cm³/mol. The molecule has 3 aromatic rings. The van der Waals surface area contributed by atoms with Crippen molar-refractivity contribution in [3.8, 4) is 0 Å². The van der Waals surface area contributed by atoms with Crippen molar-refractivity contribution in [3.63, 3.8) is 0 Å². The zero-order chi connectivity index (χ0) is 14.8. The van der Waals surface area contributed by atoms with E-state index in [4.69, 9.17) is 11.6 Å². The number of aromatic nitrogens is 4. The summed E-state index contributed by atoms with van der Waals surface area (Å²) in [6, 6.07) is 6.05. The highest BCUT2D eigenvalue weighted by molar-refractivity contribution is 6.16. The molecule has 0 amide bonds. The Hall–Kier alpha value is -1.94. The first-order chi connectivity index (χ1) is 10.2. The van der Waals surface area contributed by atoms with Crippen LogP contribution in [-0.2, 0) is 18.8 Å². The van der Waals surface area contributed by atoms with Crippen LogP contribution in [0.4, 0.5) is 0 Å². The molecule has 108 valence electrons. The van der Waals surface area contributed by atoms with E-state index in [0.29, 0.717) is 12.4 Å². The minimum Gasteiger partial charge on any atom is -0.306 e. The summed E-state index contributed by atoms with van der Waals surface area (Å²) in [5, 5.41) is 0. The maximum Gasteiger partial charge on any atom is 0.160 e. The van der Waals surface area contributed by atoms with E-state index in [1.54, 1.807) is 0 Å². The molecule has 0 aromatic carbocycles. The molecule has 0 radical (unpaired) electrons. The van der Waals surface area contributed by atoms with Gasteiger partial charge in [0.15, 0.2) is 5.65 Å². The molecule has 0 saturated heterocycles. The van der Waals surface area contributed by atoms with Crippen LogP contribution in [0.15, 0.2) is 30.6 Å². The number of fused-ring (bicyclic) bond motifs is 1. The summed E-state index contributed by atoms with van der Waals surface area (Å²) < 4.78 is 2.07. The molecule has 4 nitrogen and oxygen atoms in total. The van der Waals surface area contributed by atoms with Crippen molar-refractivity contribution in [2.75, 3.05) is 0 Å². The van der Waals surface area contributed by atoms with E-state index in [1.165, 1.54) is 5.56 Å². The summed E-state index contributed by atoms with van der Waals surface area (Å²) in [6.45, 7) is 4.83. The van der Waals surface area contributed by atoms with Crippen LogP contribution in [0.3, 0.4) is 0 Å². The lowest BCUT2D eigenvalue weighted by molar-refractivity contribution is 0.740. The SMILES string of the molecule is CCc1cccnc1Cn1c(CCl)nc2c(C)ccnc21. The van der Waals surface area contributed by atoms with Gasteiger partial charge in [0.25, 0.3) is 0 Å². The molecule has 0 bridgehead atoms. The number of pyridine rings is 2. The van der Waals surface area contributed by atoms with Crippen LogP contribution >= 0.6 is 11.6 Å². The minimum absolute atomic E-state index is 0.365. The molecular formula is C16H17ClN4. The second-order valence-electron chi connectivity index (χ2n) is 5.01. The molecule has 3 heterocycles. The molecule has 3 rings (SSSR count). The van der Waals surface area contributed by atoms with Gasteiger partial charge in [-0.2, -0.15) is 0 Å². The third kappa shape index (κ3) is 2.51. The van der Waals surface area contributed by atoms with Gasteiger partial charge in [0, 0.05) is 12.4 Å². The Morgan fingerprint density at radius 2 is 2.05 bits per heavy atom. The lowest BCUT2D eigenvalue weighted by atomic mass is 10.1. The summed E-state index contributed by atoms with van der Waals surface area (Å²) in [6.07, 6.45) is 4.60. The average molecular weight is 301 g/mol. The van der Waals surface area contributed by atoms with Gasteiger partial charge >= 0.3 is 0 Å². The average Bonchev–Trinajstić information content (AvgIpc) is 2.87. The number of hydrogen-bond acceptors (Lipinski definition) is 3. The summed E-state index contributed by atoms with van der Waals surface area (Å²) >= 11 is 6.06. The van der Waals surface area contributed by atoms with E-state index in [9.17, 15) is 0 Å². The predicted octanol–water partition coefficient (Wildman–Crippen LogP) is 3.48. The monoisotopic (exact) mass is 300 g/mol. The largest absolute Gasteiger partial charge is 0.306 e. The van der Waals surface area contributed by atoms with Crippen molar-refractivity contribution in [2.45, 2.75) is 32.7 Å². The molecule has 0 spiro atoms. The van der Waals surface area contributed by atoms with E-state index < -0.39 is 0 Å². The number of aryl methyl sites for hydroxylation is 2. The molecule has 3 aromatic heterocycles. The van der Waals surface area contributed by atoms with Crippen LogP contribution in [0.1, 0.15) is 29.6 Å². The van der Waals surface area contributed by atoms with Gasteiger partial charge in [0.2, 0.25) is 0 Å². The highest BCUT2D eigenvalue weighted by Crippen LogP contribution is 2.20. The quantitative estimate of drug-likeness (QED) is 0.693. The molecular weight excluding hydrogens is 284 g/mol. The third-order valence-electron chi connectivity index (χ3n) is 3.71. The van der Waals surface area contributed by atoms with Crippen molar-refractivity contribution in [1.29, 1.82) is 0 Å². The van der Waals surface area contributed by atoms with Gasteiger partial charge in [-0.25, -0.2) is 9.97 Å². The molecule has 0 atom stereocenters. The number of rotatable bonds is 4. The second-order valence-corrected chi connectivity index (χ2v) is 5.28. The first-order valence-electron chi connectivity index (χ1n) is 7.04. The van der Waals surface area contributed by atoms with Gasteiger partial charge in [0.05, 0.1) is 18.1 Å². The van der Waals surface area contributed by atoms with Crippen LogP contribution < -0.4 is 0 Å². The zero-order valence-electron chi connectivity index (χ0n) is 12.2. The van der Waals surface area contributed by atoms with Crippen molar-refractivity contribution < 1.29 is 0 Å². The van der Waals surface area contributed by atoms with Crippen molar-refractivity contribution in [3.05, 3.63) is 53.2 Å². The first-order valence-corrected chi connectivity index (χ1v) is 7.57. The minimum atomic E-state index is 0.365. The van der Waals surface area contributed by atoms with E-state index in [2.05, 4.69) is 32.5 Å². The molecule has 0 aliphatic heterocycles. The second kappa shape index (κ2) is 5.82.